The van der Waals surface area contributed by atoms with Gasteiger partial charge < -0.3 is 10.5 Å². The van der Waals surface area contributed by atoms with Gasteiger partial charge in [-0.25, -0.2) is 0 Å². The number of nitrogens with two attached hydrogens (primary N) is 1. The van der Waals surface area contributed by atoms with Crippen molar-refractivity contribution < 1.29 is 4.74 Å². The fraction of sp³-hybridized carbons (Fsp3) is 0.500. The van der Waals surface area contributed by atoms with Crippen molar-refractivity contribution in [2.45, 2.75) is 18.9 Å². The van der Waals surface area contributed by atoms with Gasteiger partial charge in [-0.3, -0.25) is 0 Å². The van der Waals surface area contributed by atoms with Crippen LogP contribution in [0.5, 0.6) is 5.75 Å². The fourth-order valence-electron chi connectivity index (χ4n) is 1.44. The van der Waals surface area contributed by atoms with Crippen molar-refractivity contribution in [2.75, 3.05) is 19.1 Å². The number of thioether (sulfide) groups is 1. The average Bonchev–Trinajstić information content (AvgIpc) is 2.27. The van der Waals surface area contributed by atoms with Gasteiger partial charge in [-0.15, -0.1) is 0 Å². The summed E-state index contributed by atoms with van der Waals surface area (Å²) in [5.74, 6) is 1.95. The first kappa shape index (κ1) is 12.4. The van der Waals surface area contributed by atoms with Gasteiger partial charge >= 0.3 is 0 Å². The number of hydrogen-bond acceptors (Lipinski definition) is 3. The van der Waals surface area contributed by atoms with Crippen LogP contribution in [0.3, 0.4) is 0 Å². The molecule has 0 saturated heterocycles. The lowest BCUT2D eigenvalue weighted by Gasteiger charge is -2.09. The number of benzene rings is 1. The summed E-state index contributed by atoms with van der Waals surface area (Å²) in [4.78, 5) is 0. The molecule has 3 heteroatoms. The zero-order chi connectivity index (χ0) is 11.1. The summed E-state index contributed by atoms with van der Waals surface area (Å²) >= 11 is 1.81. The minimum absolute atomic E-state index is 0.308. The third-order valence-electron chi connectivity index (χ3n) is 2.34. The molecule has 0 aliphatic heterocycles. The summed E-state index contributed by atoms with van der Waals surface area (Å²) in [6.07, 6.45) is 4.19. The molecule has 0 aromatic heterocycles. The molecule has 0 aliphatic carbocycles. The van der Waals surface area contributed by atoms with E-state index < -0.39 is 0 Å². The van der Waals surface area contributed by atoms with Crippen molar-refractivity contribution in [3.63, 3.8) is 0 Å². The van der Waals surface area contributed by atoms with Gasteiger partial charge in [-0.1, -0.05) is 12.1 Å². The Morgan fingerprint density at radius 2 is 2.00 bits per heavy atom. The van der Waals surface area contributed by atoms with Gasteiger partial charge in [0.25, 0.3) is 0 Å². The van der Waals surface area contributed by atoms with Crippen LogP contribution < -0.4 is 10.5 Å². The third-order valence-corrected chi connectivity index (χ3v) is 3.11. The van der Waals surface area contributed by atoms with Crippen molar-refractivity contribution in [1.82, 2.24) is 0 Å². The first-order valence-corrected chi connectivity index (χ1v) is 6.53. The van der Waals surface area contributed by atoms with E-state index in [4.69, 9.17) is 10.5 Å². The van der Waals surface area contributed by atoms with E-state index in [0.717, 1.165) is 24.3 Å². The molecule has 0 bridgehead atoms. The lowest BCUT2D eigenvalue weighted by Crippen LogP contribution is -2.23. The second-order valence-corrected chi connectivity index (χ2v) is 4.51. The van der Waals surface area contributed by atoms with Crippen LogP contribution in [-0.4, -0.2) is 25.2 Å². The highest BCUT2D eigenvalue weighted by Crippen LogP contribution is 2.13. The predicted octanol–water partition coefficient (Wildman–Crippen LogP) is 2.32. The molecule has 1 aromatic rings. The molecule has 0 aliphatic rings. The van der Waals surface area contributed by atoms with Crippen molar-refractivity contribution >= 4 is 11.8 Å². The quantitative estimate of drug-likeness (QED) is 0.807. The van der Waals surface area contributed by atoms with Gasteiger partial charge in [0.2, 0.25) is 0 Å². The lowest BCUT2D eigenvalue weighted by molar-refractivity contribution is 0.414. The van der Waals surface area contributed by atoms with Gasteiger partial charge in [0.15, 0.2) is 0 Å². The van der Waals surface area contributed by atoms with Crippen LogP contribution >= 0.6 is 11.8 Å². The van der Waals surface area contributed by atoms with Gasteiger partial charge in [0, 0.05) is 11.8 Å². The Labute approximate surface area is 96.2 Å². The summed E-state index contributed by atoms with van der Waals surface area (Å²) < 4.78 is 5.11. The van der Waals surface area contributed by atoms with Crippen LogP contribution in [0.4, 0.5) is 0 Å². The molecule has 0 fully saturated rings. The van der Waals surface area contributed by atoms with Gasteiger partial charge in [-0.05, 0) is 36.8 Å². The molecule has 1 aromatic carbocycles. The minimum atomic E-state index is 0.308. The van der Waals surface area contributed by atoms with Crippen LogP contribution in [0.25, 0.3) is 0 Å². The lowest BCUT2D eigenvalue weighted by atomic mass is 10.1. The molecule has 15 heavy (non-hydrogen) atoms. The number of rotatable bonds is 6. The second-order valence-electron chi connectivity index (χ2n) is 3.60. The van der Waals surface area contributed by atoms with Crippen LogP contribution in [-0.2, 0) is 6.42 Å². The fourth-order valence-corrected chi connectivity index (χ4v) is 2.04. The molecule has 1 rings (SSSR count). The van der Waals surface area contributed by atoms with E-state index in [2.05, 4.69) is 18.4 Å². The molecule has 1 atom stereocenters. The van der Waals surface area contributed by atoms with Gasteiger partial charge in [0.1, 0.15) is 5.75 Å². The van der Waals surface area contributed by atoms with E-state index in [1.165, 1.54) is 5.56 Å². The molecular formula is C12H19NOS. The predicted molar refractivity (Wildman–Crippen MR) is 67.7 cm³/mol. The smallest absolute Gasteiger partial charge is 0.118 e. The maximum absolute atomic E-state index is 5.94. The molecule has 84 valence electrons. The first-order chi connectivity index (χ1) is 7.26. The molecular weight excluding hydrogens is 206 g/mol. The monoisotopic (exact) mass is 225 g/mol. The summed E-state index contributed by atoms with van der Waals surface area (Å²) in [6, 6.07) is 8.50. The zero-order valence-electron chi connectivity index (χ0n) is 9.40. The summed E-state index contributed by atoms with van der Waals surface area (Å²) in [7, 11) is 1.68. The van der Waals surface area contributed by atoms with Crippen LogP contribution in [0.1, 0.15) is 12.0 Å². The number of hydrogen-bond donors (Lipinski definition) is 1. The summed E-state index contributed by atoms with van der Waals surface area (Å²) in [5.41, 5.74) is 7.27. The molecule has 0 heterocycles. The van der Waals surface area contributed by atoms with E-state index in [9.17, 15) is 0 Å². The SMILES string of the molecule is COc1ccc(CCC(N)CSC)cc1. The van der Waals surface area contributed by atoms with Crippen molar-refractivity contribution in [2.24, 2.45) is 5.73 Å². The number of ether oxygens (including phenoxy) is 1. The number of methoxy groups -OCH3 is 1. The van der Waals surface area contributed by atoms with Crippen molar-refractivity contribution in [1.29, 1.82) is 0 Å². The average molecular weight is 225 g/mol. The zero-order valence-corrected chi connectivity index (χ0v) is 10.2. The van der Waals surface area contributed by atoms with Crippen LogP contribution in [0, 0.1) is 0 Å². The highest BCUT2D eigenvalue weighted by molar-refractivity contribution is 7.98. The van der Waals surface area contributed by atoms with Crippen molar-refractivity contribution in [3.8, 4) is 5.75 Å². The normalized spacial score (nSPS) is 12.5. The van der Waals surface area contributed by atoms with Gasteiger partial charge in [-0.2, -0.15) is 11.8 Å². The highest BCUT2D eigenvalue weighted by atomic mass is 32.2. The summed E-state index contributed by atoms with van der Waals surface area (Å²) in [5, 5.41) is 0. The molecule has 0 radical (unpaired) electrons. The Morgan fingerprint density at radius 3 is 2.53 bits per heavy atom. The Kier molecular flexibility index (Phi) is 5.58. The highest BCUT2D eigenvalue weighted by Gasteiger charge is 2.02. The summed E-state index contributed by atoms with van der Waals surface area (Å²) in [6.45, 7) is 0. The maximum atomic E-state index is 5.94. The second kappa shape index (κ2) is 6.75. The van der Waals surface area contributed by atoms with Crippen LogP contribution in [0.2, 0.25) is 0 Å². The Balaban J connectivity index is 2.37. The molecule has 2 N–H and O–H groups in total. The van der Waals surface area contributed by atoms with E-state index >= 15 is 0 Å². The minimum Gasteiger partial charge on any atom is -0.497 e. The topological polar surface area (TPSA) is 35.2 Å². The van der Waals surface area contributed by atoms with Crippen molar-refractivity contribution in [3.05, 3.63) is 29.8 Å². The van der Waals surface area contributed by atoms with Gasteiger partial charge in [0.05, 0.1) is 7.11 Å². The molecule has 0 spiro atoms. The largest absolute Gasteiger partial charge is 0.497 e. The third kappa shape index (κ3) is 4.58. The molecule has 0 saturated carbocycles. The first-order valence-electron chi connectivity index (χ1n) is 5.13. The maximum Gasteiger partial charge on any atom is 0.118 e. The number of aryl methyl sites for hydroxylation is 1. The van der Waals surface area contributed by atoms with E-state index in [-0.39, 0.29) is 0 Å². The standard InChI is InChI=1S/C12H19NOS/c1-14-12-7-4-10(5-8-12)3-6-11(13)9-15-2/h4-5,7-8,11H,3,6,9,13H2,1-2H3. The molecule has 0 amide bonds. The molecule has 1 unspecified atom stereocenters. The van der Waals surface area contributed by atoms with E-state index in [1.807, 2.05) is 12.1 Å². The Hall–Kier alpha value is -0.670. The molecule has 2 nitrogen and oxygen atoms in total. The Bertz CT molecular complexity index is 273. The van der Waals surface area contributed by atoms with E-state index in [0.29, 0.717) is 6.04 Å². The van der Waals surface area contributed by atoms with Crippen LogP contribution in [0.15, 0.2) is 24.3 Å². The van der Waals surface area contributed by atoms with E-state index in [1.54, 1.807) is 18.9 Å². The Morgan fingerprint density at radius 1 is 1.33 bits per heavy atom.